The summed E-state index contributed by atoms with van der Waals surface area (Å²) in [5.74, 6) is 0.497. The third-order valence-electron chi connectivity index (χ3n) is 4.21. The molecule has 22 heavy (non-hydrogen) atoms. The van der Waals surface area contributed by atoms with Crippen LogP contribution in [-0.2, 0) is 7.05 Å². The number of rotatable bonds is 2. The summed E-state index contributed by atoms with van der Waals surface area (Å²) < 4.78 is 1.98. The van der Waals surface area contributed by atoms with Crippen molar-refractivity contribution in [2.24, 2.45) is 7.05 Å². The van der Waals surface area contributed by atoms with Gasteiger partial charge in [0.1, 0.15) is 6.07 Å². The molecule has 1 aliphatic carbocycles. The molecule has 0 radical (unpaired) electrons. The van der Waals surface area contributed by atoms with Crippen molar-refractivity contribution < 1.29 is 0 Å². The van der Waals surface area contributed by atoms with E-state index in [1.165, 1.54) is 0 Å². The molecule has 1 saturated carbocycles. The van der Waals surface area contributed by atoms with Crippen LogP contribution in [0.25, 0.3) is 22.3 Å². The Morgan fingerprint density at radius 1 is 1.36 bits per heavy atom. The highest BCUT2D eigenvalue weighted by atomic mass is 15.0. The van der Waals surface area contributed by atoms with E-state index in [1.54, 1.807) is 6.33 Å². The third kappa shape index (κ3) is 1.85. The van der Waals surface area contributed by atoms with Crippen LogP contribution >= 0.6 is 0 Å². The lowest BCUT2D eigenvalue weighted by molar-refractivity contribution is 0.948. The average Bonchev–Trinajstić information content (AvgIpc) is 3.31. The fourth-order valence-electron chi connectivity index (χ4n) is 2.91. The number of aromatic nitrogens is 3. The number of pyridine rings is 1. The van der Waals surface area contributed by atoms with Gasteiger partial charge in [-0.25, -0.2) is 9.97 Å². The van der Waals surface area contributed by atoms with Crippen LogP contribution in [0.1, 0.15) is 30.0 Å². The van der Waals surface area contributed by atoms with Gasteiger partial charge < -0.3 is 10.3 Å². The van der Waals surface area contributed by atoms with Crippen LogP contribution in [-0.4, -0.2) is 14.5 Å². The number of imidazole rings is 1. The number of aryl methyl sites for hydroxylation is 1. The second-order valence-electron chi connectivity index (χ2n) is 5.78. The monoisotopic (exact) mass is 289 g/mol. The zero-order valence-corrected chi connectivity index (χ0v) is 12.2. The first-order valence-corrected chi connectivity index (χ1v) is 7.30. The maximum absolute atomic E-state index is 9.24. The van der Waals surface area contributed by atoms with Gasteiger partial charge in [-0.1, -0.05) is 12.1 Å². The summed E-state index contributed by atoms with van der Waals surface area (Å²) in [6.07, 6.45) is 4.10. The minimum absolute atomic E-state index is 0.285. The first-order valence-electron chi connectivity index (χ1n) is 7.30. The van der Waals surface area contributed by atoms with Gasteiger partial charge in [0.2, 0.25) is 0 Å². The van der Waals surface area contributed by atoms with E-state index in [4.69, 9.17) is 5.73 Å². The van der Waals surface area contributed by atoms with Crippen molar-refractivity contribution in [1.29, 1.82) is 5.26 Å². The van der Waals surface area contributed by atoms with Gasteiger partial charge in [-0.05, 0) is 36.5 Å². The van der Waals surface area contributed by atoms with Crippen LogP contribution in [0.3, 0.4) is 0 Å². The van der Waals surface area contributed by atoms with Gasteiger partial charge in [-0.15, -0.1) is 0 Å². The molecule has 1 aromatic carbocycles. The summed E-state index contributed by atoms with van der Waals surface area (Å²) in [6, 6.07) is 10.0. The molecule has 5 nitrogen and oxygen atoms in total. The van der Waals surface area contributed by atoms with E-state index < -0.39 is 0 Å². The SMILES string of the molecule is Cn1cnc2c(-c3nc(C#N)c(N)cc3C3CC3)cccc21. The Kier molecular flexibility index (Phi) is 2.67. The fraction of sp³-hybridized carbons (Fsp3) is 0.235. The standard InChI is InChI=1S/C17H15N5/c1-22-9-20-17-11(3-2-4-15(17)22)16-12(10-5-6-10)7-13(19)14(8-18)21-16/h2-4,7,9-10H,5-6,19H2,1H3. The lowest BCUT2D eigenvalue weighted by atomic mass is 10.00. The van der Waals surface area contributed by atoms with Gasteiger partial charge in [0.25, 0.3) is 0 Å². The molecule has 4 rings (SSSR count). The molecule has 2 aromatic heterocycles. The molecule has 5 heteroatoms. The summed E-state index contributed by atoms with van der Waals surface area (Å²) >= 11 is 0. The minimum atomic E-state index is 0.285. The lowest BCUT2D eigenvalue weighted by Crippen LogP contribution is -2.01. The molecule has 0 unspecified atom stereocenters. The van der Waals surface area contributed by atoms with Crippen molar-refractivity contribution in [3.05, 3.63) is 41.9 Å². The predicted molar refractivity (Wildman–Crippen MR) is 85.0 cm³/mol. The highest BCUT2D eigenvalue weighted by Crippen LogP contribution is 2.45. The normalized spacial score (nSPS) is 14.2. The van der Waals surface area contributed by atoms with Gasteiger partial charge in [-0.2, -0.15) is 5.26 Å². The number of para-hydroxylation sites is 1. The fourth-order valence-corrected chi connectivity index (χ4v) is 2.91. The summed E-state index contributed by atoms with van der Waals surface area (Å²) in [5.41, 5.74) is 11.6. The first-order chi connectivity index (χ1) is 10.7. The molecule has 0 amide bonds. The Bertz CT molecular complexity index is 928. The minimum Gasteiger partial charge on any atom is -0.396 e. The molecule has 2 N–H and O–H groups in total. The first kappa shape index (κ1) is 12.8. The topological polar surface area (TPSA) is 80.5 Å². The second kappa shape index (κ2) is 4.57. The molecule has 1 aliphatic rings. The Labute approximate surface area is 128 Å². The van der Waals surface area contributed by atoms with Gasteiger partial charge in [0.15, 0.2) is 5.69 Å². The quantitative estimate of drug-likeness (QED) is 0.786. The highest BCUT2D eigenvalue weighted by molar-refractivity contribution is 5.92. The maximum atomic E-state index is 9.24. The molecule has 0 spiro atoms. The van der Waals surface area contributed by atoms with Gasteiger partial charge in [0.05, 0.1) is 28.7 Å². The lowest BCUT2D eigenvalue weighted by Gasteiger charge is -2.11. The molecule has 2 heterocycles. The third-order valence-corrected chi connectivity index (χ3v) is 4.21. The molecular weight excluding hydrogens is 274 g/mol. The largest absolute Gasteiger partial charge is 0.396 e. The van der Waals surface area contributed by atoms with E-state index in [1.807, 2.05) is 35.9 Å². The predicted octanol–water partition coefficient (Wildman–Crippen LogP) is 2.97. The van der Waals surface area contributed by atoms with Crippen molar-refractivity contribution in [2.75, 3.05) is 5.73 Å². The summed E-state index contributed by atoms with van der Waals surface area (Å²) in [4.78, 5) is 9.05. The summed E-state index contributed by atoms with van der Waals surface area (Å²) in [7, 11) is 1.97. The Morgan fingerprint density at radius 2 is 2.18 bits per heavy atom. The van der Waals surface area contributed by atoms with E-state index in [-0.39, 0.29) is 5.69 Å². The van der Waals surface area contributed by atoms with Crippen molar-refractivity contribution in [1.82, 2.24) is 14.5 Å². The van der Waals surface area contributed by atoms with Crippen LogP contribution in [0, 0.1) is 11.3 Å². The van der Waals surface area contributed by atoms with Crippen molar-refractivity contribution in [3.8, 4) is 17.3 Å². The van der Waals surface area contributed by atoms with E-state index >= 15 is 0 Å². The number of anilines is 1. The zero-order chi connectivity index (χ0) is 15.3. The van der Waals surface area contributed by atoms with Crippen LogP contribution in [0.15, 0.2) is 30.6 Å². The van der Waals surface area contributed by atoms with Gasteiger partial charge >= 0.3 is 0 Å². The molecule has 0 saturated heterocycles. The van der Waals surface area contributed by atoms with Crippen LogP contribution in [0.2, 0.25) is 0 Å². The number of hydrogen-bond donors (Lipinski definition) is 1. The molecule has 108 valence electrons. The number of nitrogens with two attached hydrogens (primary N) is 1. The van der Waals surface area contributed by atoms with E-state index in [0.717, 1.165) is 40.7 Å². The van der Waals surface area contributed by atoms with Crippen molar-refractivity contribution in [3.63, 3.8) is 0 Å². The van der Waals surface area contributed by atoms with Crippen LogP contribution < -0.4 is 5.73 Å². The molecule has 1 fully saturated rings. The Hall–Kier alpha value is -2.87. The summed E-state index contributed by atoms with van der Waals surface area (Å²) in [5, 5.41) is 9.24. The average molecular weight is 289 g/mol. The second-order valence-corrected chi connectivity index (χ2v) is 5.78. The number of benzene rings is 1. The van der Waals surface area contributed by atoms with Crippen LogP contribution in [0.5, 0.6) is 0 Å². The molecule has 0 bridgehead atoms. The molecular formula is C17H15N5. The molecule has 0 aliphatic heterocycles. The number of nitriles is 1. The number of nitrogens with zero attached hydrogens (tertiary/aromatic N) is 4. The smallest absolute Gasteiger partial charge is 0.164 e. The summed E-state index contributed by atoms with van der Waals surface area (Å²) in [6.45, 7) is 0. The van der Waals surface area contributed by atoms with Crippen molar-refractivity contribution >= 4 is 16.7 Å². The van der Waals surface area contributed by atoms with E-state index in [9.17, 15) is 5.26 Å². The molecule has 0 atom stereocenters. The number of nitrogen functional groups attached to an aromatic ring is 1. The van der Waals surface area contributed by atoms with E-state index in [0.29, 0.717) is 11.6 Å². The van der Waals surface area contributed by atoms with Gasteiger partial charge in [-0.3, -0.25) is 0 Å². The van der Waals surface area contributed by atoms with Gasteiger partial charge in [0, 0.05) is 12.6 Å². The Balaban J connectivity index is 2.03. The maximum Gasteiger partial charge on any atom is 0.164 e. The number of hydrogen-bond acceptors (Lipinski definition) is 4. The zero-order valence-electron chi connectivity index (χ0n) is 12.2. The van der Waals surface area contributed by atoms with E-state index in [2.05, 4.69) is 16.0 Å². The number of fused-ring (bicyclic) bond motifs is 1. The van der Waals surface area contributed by atoms with Crippen molar-refractivity contribution in [2.45, 2.75) is 18.8 Å². The highest BCUT2D eigenvalue weighted by Gasteiger charge is 2.29. The van der Waals surface area contributed by atoms with Crippen LogP contribution in [0.4, 0.5) is 5.69 Å². The Morgan fingerprint density at radius 3 is 2.91 bits per heavy atom. The molecule has 3 aromatic rings.